The summed E-state index contributed by atoms with van der Waals surface area (Å²) < 4.78 is 12.8. The molecule has 0 spiro atoms. The molecule has 1 N–H and O–H groups in total. The van der Waals surface area contributed by atoms with E-state index in [4.69, 9.17) is 9.47 Å². The van der Waals surface area contributed by atoms with Crippen LogP contribution in [0.3, 0.4) is 0 Å². The lowest BCUT2D eigenvalue weighted by molar-refractivity contribution is 0.102. The van der Waals surface area contributed by atoms with Gasteiger partial charge in [-0.1, -0.05) is 6.07 Å². The van der Waals surface area contributed by atoms with Gasteiger partial charge in [-0.2, -0.15) is 10.1 Å². The first-order chi connectivity index (χ1) is 15.4. The molecule has 4 rings (SSSR count). The number of rotatable bonds is 6. The molecule has 0 aliphatic rings. The van der Waals surface area contributed by atoms with Crippen LogP contribution < -0.4 is 14.8 Å². The predicted octanol–water partition coefficient (Wildman–Crippen LogP) is 4.64. The van der Waals surface area contributed by atoms with E-state index in [0.717, 1.165) is 11.4 Å². The molecule has 0 unspecified atom stereocenters. The quantitative estimate of drug-likeness (QED) is 0.480. The summed E-state index contributed by atoms with van der Waals surface area (Å²) in [6.45, 7) is 5.71. The zero-order valence-electron chi connectivity index (χ0n) is 18.3. The van der Waals surface area contributed by atoms with Crippen molar-refractivity contribution in [2.24, 2.45) is 0 Å². The van der Waals surface area contributed by atoms with Gasteiger partial charge in [-0.05, 0) is 69.3 Å². The summed E-state index contributed by atoms with van der Waals surface area (Å²) in [5, 5.41) is 7.33. The van der Waals surface area contributed by atoms with Crippen LogP contribution in [-0.4, -0.2) is 32.8 Å². The maximum atomic E-state index is 12.5. The summed E-state index contributed by atoms with van der Waals surface area (Å²) in [7, 11) is 1.56. The maximum Gasteiger partial charge on any atom is 0.255 e. The minimum atomic E-state index is -0.224. The summed E-state index contributed by atoms with van der Waals surface area (Å²) in [5.74, 6) is 2.61. The third-order valence-electron chi connectivity index (χ3n) is 4.69. The van der Waals surface area contributed by atoms with Gasteiger partial charge in [0, 0.05) is 23.0 Å². The van der Waals surface area contributed by atoms with Gasteiger partial charge in [0.05, 0.1) is 12.8 Å². The normalized spacial score (nSPS) is 10.6. The number of hydrogen-bond donors (Lipinski definition) is 1. The Kier molecular flexibility index (Phi) is 5.85. The summed E-state index contributed by atoms with van der Waals surface area (Å²) in [5.41, 5.74) is 3.04. The van der Waals surface area contributed by atoms with Gasteiger partial charge in [0.1, 0.15) is 17.3 Å². The van der Waals surface area contributed by atoms with Gasteiger partial charge in [-0.3, -0.25) is 4.79 Å². The number of anilines is 1. The van der Waals surface area contributed by atoms with Gasteiger partial charge in [-0.25, -0.2) is 9.67 Å². The fourth-order valence-corrected chi connectivity index (χ4v) is 3.24. The van der Waals surface area contributed by atoms with E-state index < -0.39 is 0 Å². The van der Waals surface area contributed by atoms with Gasteiger partial charge in [0.15, 0.2) is 5.82 Å². The number of nitrogens with one attached hydrogen (secondary N) is 1. The van der Waals surface area contributed by atoms with Crippen LogP contribution in [0.2, 0.25) is 0 Å². The van der Waals surface area contributed by atoms with Gasteiger partial charge >= 0.3 is 0 Å². The Morgan fingerprint density at radius 1 is 0.938 bits per heavy atom. The van der Waals surface area contributed by atoms with Crippen molar-refractivity contribution in [3.05, 3.63) is 83.4 Å². The van der Waals surface area contributed by atoms with E-state index in [1.165, 1.54) is 0 Å². The SMILES string of the molecule is COc1cccc(C(=O)Nc2ccc(Oc3cc(-n4nc(C)cc4C)nc(C)n3)cc2)c1. The van der Waals surface area contributed by atoms with Gasteiger partial charge in [-0.15, -0.1) is 0 Å². The highest BCUT2D eigenvalue weighted by atomic mass is 16.5. The molecule has 0 aliphatic carbocycles. The van der Waals surface area contributed by atoms with Gasteiger partial charge < -0.3 is 14.8 Å². The Labute approximate surface area is 185 Å². The topological polar surface area (TPSA) is 91.2 Å². The minimum Gasteiger partial charge on any atom is -0.497 e. The van der Waals surface area contributed by atoms with Crippen LogP contribution in [0.15, 0.2) is 60.7 Å². The highest BCUT2D eigenvalue weighted by molar-refractivity contribution is 6.04. The molecule has 0 saturated heterocycles. The average Bonchev–Trinajstić information content (AvgIpc) is 3.12. The number of carbonyl (C=O) groups is 1. The first-order valence-electron chi connectivity index (χ1n) is 10.0. The molecule has 8 nitrogen and oxygen atoms in total. The molecule has 0 bridgehead atoms. The second kappa shape index (κ2) is 8.89. The molecule has 32 heavy (non-hydrogen) atoms. The number of amides is 1. The number of methoxy groups -OCH3 is 1. The number of benzene rings is 2. The molecule has 0 fully saturated rings. The standard InChI is InChI=1S/C24H23N5O3/c1-15-12-16(2)29(28-15)22-14-23(26-17(3)25-22)32-20-10-8-19(9-11-20)27-24(30)18-6-5-7-21(13-18)31-4/h5-14H,1-4H3,(H,27,30). The van der Waals surface area contributed by atoms with Crippen LogP contribution in [0.5, 0.6) is 17.4 Å². The first-order valence-corrected chi connectivity index (χ1v) is 10.0. The molecule has 1 amide bonds. The average molecular weight is 429 g/mol. The number of hydrogen-bond acceptors (Lipinski definition) is 6. The van der Waals surface area contributed by atoms with E-state index >= 15 is 0 Å². The van der Waals surface area contributed by atoms with Crippen LogP contribution in [0.1, 0.15) is 27.6 Å². The molecule has 0 aliphatic heterocycles. The van der Waals surface area contributed by atoms with E-state index in [0.29, 0.717) is 40.3 Å². The first kappa shape index (κ1) is 21.0. The smallest absolute Gasteiger partial charge is 0.255 e. The number of aromatic nitrogens is 4. The van der Waals surface area contributed by atoms with Crippen molar-refractivity contribution < 1.29 is 14.3 Å². The van der Waals surface area contributed by atoms with Crippen LogP contribution in [-0.2, 0) is 0 Å². The molecule has 162 valence electrons. The predicted molar refractivity (Wildman–Crippen MR) is 121 cm³/mol. The minimum absolute atomic E-state index is 0.224. The Balaban J connectivity index is 1.48. The molecule has 2 aromatic carbocycles. The summed E-state index contributed by atoms with van der Waals surface area (Å²) >= 11 is 0. The number of nitrogens with zero attached hydrogens (tertiary/aromatic N) is 4. The molecule has 2 aromatic heterocycles. The Bertz CT molecular complexity index is 1270. The second-order valence-electron chi connectivity index (χ2n) is 7.26. The maximum absolute atomic E-state index is 12.5. The Hall–Kier alpha value is -4.20. The van der Waals surface area contributed by atoms with E-state index in [-0.39, 0.29) is 5.91 Å². The molecule has 8 heteroatoms. The van der Waals surface area contributed by atoms with Crippen molar-refractivity contribution in [3.8, 4) is 23.2 Å². The number of aryl methyl sites for hydroxylation is 3. The van der Waals surface area contributed by atoms with E-state index in [1.807, 2.05) is 19.9 Å². The monoisotopic (exact) mass is 429 g/mol. The summed E-state index contributed by atoms with van der Waals surface area (Å²) in [6.07, 6.45) is 0. The lowest BCUT2D eigenvalue weighted by Crippen LogP contribution is -2.11. The van der Waals surface area contributed by atoms with E-state index in [2.05, 4.69) is 20.4 Å². The zero-order valence-corrected chi connectivity index (χ0v) is 18.3. The molecule has 0 atom stereocenters. The van der Waals surface area contributed by atoms with Gasteiger partial charge in [0.25, 0.3) is 5.91 Å². The molecular weight excluding hydrogens is 406 g/mol. The fraction of sp³-hybridized carbons (Fsp3) is 0.167. The van der Waals surface area contributed by atoms with Crippen LogP contribution >= 0.6 is 0 Å². The lowest BCUT2D eigenvalue weighted by atomic mass is 10.2. The fourth-order valence-electron chi connectivity index (χ4n) is 3.24. The van der Waals surface area contributed by atoms with Crippen molar-refractivity contribution in [2.45, 2.75) is 20.8 Å². The van der Waals surface area contributed by atoms with Crippen molar-refractivity contribution >= 4 is 11.6 Å². The van der Waals surface area contributed by atoms with Crippen LogP contribution in [0, 0.1) is 20.8 Å². The third-order valence-corrected chi connectivity index (χ3v) is 4.69. The zero-order chi connectivity index (χ0) is 22.7. The van der Waals surface area contributed by atoms with Crippen molar-refractivity contribution in [1.29, 1.82) is 0 Å². The third kappa shape index (κ3) is 4.75. The lowest BCUT2D eigenvalue weighted by Gasteiger charge is -2.10. The van der Waals surface area contributed by atoms with Crippen molar-refractivity contribution in [3.63, 3.8) is 0 Å². The van der Waals surface area contributed by atoms with Crippen molar-refractivity contribution in [2.75, 3.05) is 12.4 Å². The molecule has 4 aromatic rings. The van der Waals surface area contributed by atoms with Crippen molar-refractivity contribution in [1.82, 2.24) is 19.7 Å². The van der Waals surface area contributed by atoms with Crippen LogP contribution in [0.25, 0.3) is 5.82 Å². The molecule has 2 heterocycles. The molecule has 0 radical (unpaired) electrons. The summed E-state index contributed by atoms with van der Waals surface area (Å²) in [4.78, 5) is 21.3. The summed E-state index contributed by atoms with van der Waals surface area (Å²) in [6, 6.07) is 17.8. The van der Waals surface area contributed by atoms with E-state index in [9.17, 15) is 4.79 Å². The molecular formula is C24H23N5O3. The highest BCUT2D eigenvalue weighted by Gasteiger charge is 2.11. The highest BCUT2D eigenvalue weighted by Crippen LogP contribution is 2.24. The number of carbonyl (C=O) groups excluding carboxylic acids is 1. The largest absolute Gasteiger partial charge is 0.497 e. The molecule has 0 saturated carbocycles. The Morgan fingerprint density at radius 2 is 1.72 bits per heavy atom. The van der Waals surface area contributed by atoms with Crippen LogP contribution in [0.4, 0.5) is 5.69 Å². The second-order valence-corrected chi connectivity index (χ2v) is 7.26. The Morgan fingerprint density at radius 3 is 2.41 bits per heavy atom. The van der Waals surface area contributed by atoms with E-state index in [1.54, 1.807) is 73.3 Å². The van der Waals surface area contributed by atoms with Gasteiger partial charge in [0.2, 0.25) is 5.88 Å². The number of ether oxygens (including phenoxy) is 2.